The van der Waals surface area contributed by atoms with Gasteiger partial charge in [0.15, 0.2) is 5.69 Å². The summed E-state index contributed by atoms with van der Waals surface area (Å²) in [7, 11) is 0. The Morgan fingerprint density at radius 3 is 2.64 bits per heavy atom. The first-order chi connectivity index (χ1) is 6.45. The maximum absolute atomic E-state index is 12.3. The van der Waals surface area contributed by atoms with Crippen LogP contribution in [-0.2, 0) is 0 Å². The lowest BCUT2D eigenvalue weighted by Crippen LogP contribution is -2.04. The lowest BCUT2D eigenvalue weighted by molar-refractivity contribution is -0.385. The van der Waals surface area contributed by atoms with Gasteiger partial charge in [-0.15, -0.1) is 0 Å². The molecule has 0 aromatic carbocycles. The van der Waals surface area contributed by atoms with Crippen molar-refractivity contribution in [3.63, 3.8) is 0 Å². The highest BCUT2D eigenvalue weighted by atomic mass is 79.9. The van der Waals surface area contributed by atoms with E-state index in [0.717, 1.165) is 6.20 Å². The first-order valence-corrected chi connectivity index (χ1v) is 4.11. The lowest BCUT2D eigenvalue weighted by Gasteiger charge is -2.04. The Morgan fingerprint density at radius 2 is 2.21 bits per heavy atom. The standard InChI is InChI=1S/C6H4BrF2N3O2/c7-2-1-11-4(6(8)9)5(3(2)10)12(13)14/h1,6H,(H2,10,11). The molecule has 0 aliphatic carbocycles. The third-order valence-corrected chi connectivity index (χ3v) is 2.09. The number of nitro groups is 1. The fourth-order valence-electron chi connectivity index (χ4n) is 0.860. The van der Waals surface area contributed by atoms with E-state index in [2.05, 4.69) is 20.9 Å². The Bertz CT molecular complexity index is 386. The summed E-state index contributed by atoms with van der Waals surface area (Å²) in [6.07, 6.45) is -2.02. The van der Waals surface area contributed by atoms with E-state index in [1.54, 1.807) is 0 Å². The van der Waals surface area contributed by atoms with Crippen LogP contribution in [0.5, 0.6) is 0 Å². The van der Waals surface area contributed by atoms with E-state index < -0.39 is 22.7 Å². The first-order valence-electron chi connectivity index (χ1n) is 3.31. The van der Waals surface area contributed by atoms with Gasteiger partial charge in [0.2, 0.25) is 0 Å². The van der Waals surface area contributed by atoms with E-state index in [0.29, 0.717) is 0 Å². The van der Waals surface area contributed by atoms with Gasteiger partial charge in [-0.1, -0.05) is 0 Å². The van der Waals surface area contributed by atoms with Crippen LogP contribution in [0.4, 0.5) is 20.2 Å². The van der Waals surface area contributed by atoms with Gasteiger partial charge in [0, 0.05) is 6.20 Å². The van der Waals surface area contributed by atoms with E-state index in [9.17, 15) is 18.9 Å². The maximum Gasteiger partial charge on any atom is 0.320 e. The van der Waals surface area contributed by atoms with Gasteiger partial charge in [-0.2, -0.15) is 0 Å². The normalized spacial score (nSPS) is 10.6. The maximum atomic E-state index is 12.3. The van der Waals surface area contributed by atoms with Crippen molar-refractivity contribution >= 4 is 27.3 Å². The minimum Gasteiger partial charge on any atom is -0.392 e. The van der Waals surface area contributed by atoms with Crippen LogP contribution < -0.4 is 5.73 Å². The SMILES string of the molecule is Nc1c(Br)cnc(C(F)F)c1[N+](=O)[O-]. The minimum absolute atomic E-state index is 0.119. The number of aromatic nitrogens is 1. The van der Waals surface area contributed by atoms with Gasteiger partial charge in [-0.25, -0.2) is 13.8 Å². The van der Waals surface area contributed by atoms with Gasteiger partial charge in [-0.3, -0.25) is 10.1 Å². The second-order valence-electron chi connectivity index (χ2n) is 2.31. The number of rotatable bonds is 2. The van der Waals surface area contributed by atoms with Gasteiger partial charge >= 0.3 is 5.69 Å². The summed E-state index contributed by atoms with van der Waals surface area (Å²) in [4.78, 5) is 12.7. The second kappa shape index (κ2) is 3.82. The molecule has 76 valence electrons. The Morgan fingerprint density at radius 1 is 1.64 bits per heavy atom. The Kier molecular flexibility index (Phi) is 2.94. The number of hydrogen-bond acceptors (Lipinski definition) is 4. The van der Waals surface area contributed by atoms with E-state index in [-0.39, 0.29) is 10.2 Å². The number of halogens is 3. The number of nitrogen functional groups attached to an aromatic ring is 1. The zero-order valence-corrected chi connectivity index (χ0v) is 8.16. The minimum atomic E-state index is -3.02. The molecule has 1 rings (SSSR count). The highest BCUT2D eigenvalue weighted by Crippen LogP contribution is 2.35. The summed E-state index contributed by atoms with van der Waals surface area (Å²) in [5.41, 5.74) is 3.14. The van der Waals surface area contributed by atoms with Crippen LogP contribution in [0, 0.1) is 10.1 Å². The van der Waals surface area contributed by atoms with E-state index in [1.807, 2.05) is 0 Å². The summed E-state index contributed by atoms with van der Waals surface area (Å²) in [5.74, 6) is 0. The Labute approximate surface area is 85.2 Å². The molecule has 1 aromatic heterocycles. The van der Waals surface area contributed by atoms with Crippen molar-refractivity contribution in [2.24, 2.45) is 0 Å². The van der Waals surface area contributed by atoms with Crippen LogP contribution in [0.1, 0.15) is 12.1 Å². The molecule has 0 spiro atoms. The predicted octanol–water partition coefficient (Wildman–Crippen LogP) is 2.27. The molecule has 1 aromatic rings. The monoisotopic (exact) mass is 267 g/mol. The highest BCUT2D eigenvalue weighted by molar-refractivity contribution is 9.10. The molecule has 0 amide bonds. The molecule has 1 heterocycles. The van der Waals surface area contributed by atoms with Gasteiger partial charge in [-0.05, 0) is 15.9 Å². The van der Waals surface area contributed by atoms with E-state index in [1.165, 1.54) is 0 Å². The fraction of sp³-hybridized carbons (Fsp3) is 0.167. The number of hydrogen-bond donors (Lipinski definition) is 1. The Hall–Kier alpha value is -1.31. The first kappa shape index (κ1) is 10.8. The average molecular weight is 268 g/mol. The van der Waals surface area contributed by atoms with Crippen LogP contribution in [-0.4, -0.2) is 9.91 Å². The second-order valence-corrected chi connectivity index (χ2v) is 3.17. The van der Waals surface area contributed by atoms with Crippen LogP contribution in [0.15, 0.2) is 10.7 Å². The van der Waals surface area contributed by atoms with Crippen molar-refractivity contribution in [1.29, 1.82) is 0 Å². The smallest absolute Gasteiger partial charge is 0.320 e. The van der Waals surface area contributed by atoms with Crippen molar-refractivity contribution in [2.75, 3.05) is 5.73 Å². The molecule has 14 heavy (non-hydrogen) atoms. The molecule has 0 saturated carbocycles. The number of nitrogens with two attached hydrogens (primary N) is 1. The van der Waals surface area contributed by atoms with Crippen molar-refractivity contribution in [3.05, 3.63) is 26.5 Å². The van der Waals surface area contributed by atoms with Gasteiger partial charge < -0.3 is 5.73 Å². The van der Waals surface area contributed by atoms with E-state index >= 15 is 0 Å². The molecular weight excluding hydrogens is 264 g/mol. The highest BCUT2D eigenvalue weighted by Gasteiger charge is 2.27. The predicted molar refractivity (Wildman–Crippen MR) is 48.0 cm³/mol. The van der Waals surface area contributed by atoms with Crippen LogP contribution in [0.2, 0.25) is 0 Å². The van der Waals surface area contributed by atoms with Gasteiger partial charge in [0.25, 0.3) is 6.43 Å². The number of nitrogens with zero attached hydrogens (tertiary/aromatic N) is 2. The molecule has 2 N–H and O–H groups in total. The van der Waals surface area contributed by atoms with Crippen molar-refractivity contribution < 1.29 is 13.7 Å². The fourth-order valence-corrected chi connectivity index (χ4v) is 1.15. The number of alkyl halides is 2. The Balaban J connectivity index is 3.45. The van der Waals surface area contributed by atoms with Crippen molar-refractivity contribution in [2.45, 2.75) is 6.43 Å². The third kappa shape index (κ3) is 1.79. The van der Waals surface area contributed by atoms with Crippen LogP contribution >= 0.6 is 15.9 Å². The summed E-state index contributed by atoms with van der Waals surface area (Å²) in [6.45, 7) is 0. The largest absolute Gasteiger partial charge is 0.392 e. The number of anilines is 1. The molecule has 0 aliphatic rings. The summed E-state index contributed by atoms with van der Waals surface area (Å²) in [5, 5.41) is 10.4. The number of pyridine rings is 1. The van der Waals surface area contributed by atoms with Crippen molar-refractivity contribution in [1.82, 2.24) is 4.98 Å². The average Bonchev–Trinajstić information content (AvgIpc) is 2.08. The zero-order valence-electron chi connectivity index (χ0n) is 6.58. The lowest BCUT2D eigenvalue weighted by atomic mass is 10.2. The molecular formula is C6H4BrF2N3O2. The molecule has 0 fully saturated rings. The molecule has 0 atom stereocenters. The zero-order chi connectivity index (χ0) is 10.9. The topological polar surface area (TPSA) is 82.0 Å². The molecule has 5 nitrogen and oxygen atoms in total. The van der Waals surface area contributed by atoms with Crippen LogP contribution in [0.25, 0.3) is 0 Å². The molecule has 0 saturated heterocycles. The van der Waals surface area contributed by atoms with Crippen LogP contribution in [0.3, 0.4) is 0 Å². The van der Waals surface area contributed by atoms with Crippen molar-refractivity contribution in [3.8, 4) is 0 Å². The van der Waals surface area contributed by atoms with E-state index in [4.69, 9.17) is 5.73 Å². The molecule has 0 bridgehead atoms. The molecule has 0 aliphatic heterocycles. The summed E-state index contributed by atoms with van der Waals surface area (Å²) in [6, 6.07) is 0. The third-order valence-electron chi connectivity index (χ3n) is 1.46. The van der Waals surface area contributed by atoms with Gasteiger partial charge in [0.05, 0.1) is 9.40 Å². The molecule has 0 unspecified atom stereocenters. The molecule has 8 heteroatoms. The summed E-state index contributed by atoms with van der Waals surface area (Å²) < 4.78 is 24.6. The summed E-state index contributed by atoms with van der Waals surface area (Å²) >= 11 is 2.86. The molecule has 0 radical (unpaired) electrons. The van der Waals surface area contributed by atoms with Gasteiger partial charge in [0.1, 0.15) is 5.69 Å². The quantitative estimate of drug-likeness (QED) is 0.658.